The van der Waals surface area contributed by atoms with Gasteiger partial charge in [-0.3, -0.25) is 0 Å². The number of anilines is 1. The molecule has 19 heavy (non-hydrogen) atoms. The molecule has 0 amide bonds. The van der Waals surface area contributed by atoms with Crippen LogP contribution < -0.4 is 5.73 Å². The zero-order chi connectivity index (χ0) is 14.5. The van der Waals surface area contributed by atoms with E-state index in [1.165, 1.54) is 23.7 Å². The highest BCUT2D eigenvalue weighted by molar-refractivity contribution is 7.89. The van der Waals surface area contributed by atoms with E-state index in [1.54, 1.807) is 6.07 Å². The molecule has 0 aliphatic heterocycles. The van der Waals surface area contributed by atoms with E-state index < -0.39 is 10.0 Å². The summed E-state index contributed by atoms with van der Waals surface area (Å²) in [5.74, 6) is 0.205. The molecular weight excluding hydrogens is 266 g/mol. The van der Waals surface area contributed by atoms with Crippen LogP contribution in [0.1, 0.15) is 13.8 Å². The summed E-state index contributed by atoms with van der Waals surface area (Å²) in [6.07, 6.45) is 1.42. The number of nitrogens with two attached hydrogens (primary N) is 1. The molecule has 0 spiro atoms. The maximum absolute atomic E-state index is 12.5. The Bertz CT molecular complexity index is 503. The fourth-order valence-electron chi connectivity index (χ4n) is 1.65. The zero-order valence-corrected chi connectivity index (χ0v) is 12.4. The van der Waals surface area contributed by atoms with Crippen LogP contribution >= 0.6 is 0 Å². The van der Waals surface area contributed by atoms with Crippen LogP contribution in [0.4, 0.5) is 5.69 Å². The molecule has 0 bridgehead atoms. The normalized spacial score (nSPS) is 12.3. The maximum atomic E-state index is 12.5. The van der Waals surface area contributed by atoms with Gasteiger partial charge in [-0.1, -0.05) is 13.8 Å². The van der Waals surface area contributed by atoms with Gasteiger partial charge in [0.2, 0.25) is 0 Å². The molecule has 1 aromatic rings. The van der Waals surface area contributed by atoms with Crippen molar-refractivity contribution in [1.29, 1.82) is 0 Å². The summed E-state index contributed by atoms with van der Waals surface area (Å²) < 4.78 is 31.4. The number of hydrogen-bond acceptors (Lipinski definition) is 5. The van der Waals surface area contributed by atoms with Crippen molar-refractivity contribution in [3.63, 3.8) is 0 Å². The summed E-state index contributed by atoms with van der Waals surface area (Å²) in [6, 6.07) is 3.14. The van der Waals surface area contributed by atoms with Crippen LogP contribution in [-0.4, -0.2) is 44.5 Å². The number of ether oxygens (including phenoxy) is 1. The van der Waals surface area contributed by atoms with Gasteiger partial charge >= 0.3 is 0 Å². The van der Waals surface area contributed by atoms with Crippen molar-refractivity contribution in [2.75, 3.05) is 32.5 Å². The first-order valence-corrected chi connectivity index (χ1v) is 7.53. The standard InChI is InChI=1S/C12H21N3O3S/c1-10(2)9-15(7-8-18-3)19(16,17)12-11(13)5-4-6-14-12/h4-6,10H,7-9,13H2,1-3H3. The van der Waals surface area contributed by atoms with Gasteiger partial charge in [-0.15, -0.1) is 0 Å². The van der Waals surface area contributed by atoms with Crippen LogP contribution in [0.2, 0.25) is 0 Å². The molecule has 1 rings (SSSR count). The molecular formula is C12H21N3O3S. The average molecular weight is 287 g/mol. The number of pyridine rings is 1. The number of sulfonamides is 1. The molecule has 0 fully saturated rings. The largest absolute Gasteiger partial charge is 0.396 e. The Morgan fingerprint density at radius 1 is 1.47 bits per heavy atom. The summed E-state index contributed by atoms with van der Waals surface area (Å²) in [6.45, 7) is 4.93. The molecule has 0 saturated heterocycles. The van der Waals surface area contributed by atoms with Crippen LogP contribution in [0, 0.1) is 5.92 Å². The molecule has 108 valence electrons. The van der Waals surface area contributed by atoms with E-state index in [2.05, 4.69) is 4.98 Å². The van der Waals surface area contributed by atoms with Gasteiger partial charge in [-0.2, -0.15) is 4.31 Å². The molecule has 0 radical (unpaired) electrons. The van der Waals surface area contributed by atoms with Crippen molar-refractivity contribution in [3.05, 3.63) is 18.3 Å². The molecule has 7 heteroatoms. The summed E-state index contributed by atoms with van der Waals surface area (Å²) in [4.78, 5) is 3.89. The lowest BCUT2D eigenvalue weighted by molar-refractivity contribution is 0.175. The predicted octanol–water partition coefficient (Wildman–Crippen LogP) is 0.957. The van der Waals surface area contributed by atoms with Crippen LogP contribution in [0.5, 0.6) is 0 Å². The highest BCUT2D eigenvalue weighted by atomic mass is 32.2. The molecule has 0 aromatic carbocycles. The lowest BCUT2D eigenvalue weighted by atomic mass is 10.2. The third-order valence-corrected chi connectivity index (χ3v) is 4.34. The average Bonchev–Trinajstić information content (AvgIpc) is 2.34. The Labute approximate surface area is 114 Å². The lowest BCUT2D eigenvalue weighted by Gasteiger charge is -2.23. The minimum atomic E-state index is -3.68. The van der Waals surface area contributed by atoms with Crippen molar-refractivity contribution in [2.24, 2.45) is 5.92 Å². The van der Waals surface area contributed by atoms with E-state index in [0.717, 1.165) is 0 Å². The lowest BCUT2D eigenvalue weighted by Crippen LogP contribution is -2.37. The van der Waals surface area contributed by atoms with Gasteiger partial charge in [0, 0.05) is 26.4 Å². The topological polar surface area (TPSA) is 85.5 Å². The Kier molecular flexibility index (Phi) is 5.71. The molecule has 2 N–H and O–H groups in total. The monoisotopic (exact) mass is 287 g/mol. The molecule has 1 aromatic heterocycles. The zero-order valence-electron chi connectivity index (χ0n) is 11.5. The fraction of sp³-hybridized carbons (Fsp3) is 0.583. The molecule has 0 unspecified atom stereocenters. The minimum Gasteiger partial charge on any atom is -0.396 e. The van der Waals surface area contributed by atoms with E-state index in [4.69, 9.17) is 10.5 Å². The first-order chi connectivity index (χ1) is 8.89. The quantitative estimate of drug-likeness (QED) is 0.807. The number of methoxy groups -OCH3 is 1. The maximum Gasteiger partial charge on any atom is 0.262 e. The van der Waals surface area contributed by atoms with Crippen molar-refractivity contribution in [1.82, 2.24) is 9.29 Å². The van der Waals surface area contributed by atoms with E-state index in [-0.39, 0.29) is 23.2 Å². The fourth-order valence-corrected chi connectivity index (χ4v) is 3.26. The van der Waals surface area contributed by atoms with Crippen LogP contribution in [0.15, 0.2) is 23.4 Å². The first-order valence-electron chi connectivity index (χ1n) is 6.09. The molecule has 0 saturated carbocycles. The number of nitrogen functional groups attached to an aromatic ring is 1. The van der Waals surface area contributed by atoms with Crippen molar-refractivity contribution in [2.45, 2.75) is 18.9 Å². The second-order valence-corrected chi connectivity index (χ2v) is 6.50. The first kappa shape index (κ1) is 15.9. The highest BCUT2D eigenvalue weighted by Gasteiger charge is 2.27. The van der Waals surface area contributed by atoms with Gasteiger partial charge < -0.3 is 10.5 Å². The summed E-state index contributed by atoms with van der Waals surface area (Å²) in [7, 11) is -2.14. The second-order valence-electron chi connectivity index (χ2n) is 4.65. The van der Waals surface area contributed by atoms with Gasteiger partial charge in [-0.25, -0.2) is 13.4 Å². The Balaban J connectivity index is 3.08. The van der Waals surface area contributed by atoms with Crippen molar-refractivity contribution in [3.8, 4) is 0 Å². The molecule has 0 aliphatic rings. The van der Waals surface area contributed by atoms with Gasteiger partial charge in [-0.05, 0) is 18.1 Å². The van der Waals surface area contributed by atoms with E-state index >= 15 is 0 Å². The SMILES string of the molecule is COCCN(CC(C)C)S(=O)(=O)c1ncccc1N. The van der Waals surface area contributed by atoms with E-state index in [0.29, 0.717) is 13.2 Å². The van der Waals surface area contributed by atoms with Gasteiger partial charge in [0.05, 0.1) is 12.3 Å². The minimum absolute atomic E-state index is 0.0910. The third kappa shape index (κ3) is 4.15. The number of hydrogen-bond donors (Lipinski definition) is 1. The van der Waals surface area contributed by atoms with Crippen molar-refractivity contribution < 1.29 is 13.2 Å². The van der Waals surface area contributed by atoms with Crippen molar-refractivity contribution >= 4 is 15.7 Å². The number of nitrogens with zero attached hydrogens (tertiary/aromatic N) is 2. The van der Waals surface area contributed by atoms with Gasteiger partial charge in [0.15, 0.2) is 5.03 Å². The van der Waals surface area contributed by atoms with Crippen LogP contribution in [0.3, 0.4) is 0 Å². The number of aromatic nitrogens is 1. The third-order valence-electron chi connectivity index (χ3n) is 2.50. The Hall–Kier alpha value is -1.18. The summed E-state index contributed by atoms with van der Waals surface area (Å²) >= 11 is 0. The Morgan fingerprint density at radius 3 is 2.68 bits per heavy atom. The second kappa shape index (κ2) is 6.83. The molecule has 6 nitrogen and oxygen atoms in total. The summed E-state index contributed by atoms with van der Waals surface area (Å²) in [5.41, 5.74) is 5.87. The summed E-state index contributed by atoms with van der Waals surface area (Å²) in [5, 5.41) is -0.0910. The highest BCUT2D eigenvalue weighted by Crippen LogP contribution is 2.20. The van der Waals surface area contributed by atoms with E-state index in [1.807, 2.05) is 13.8 Å². The molecule has 0 aliphatic carbocycles. The molecule has 1 heterocycles. The Morgan fingerprint density at radius 2 is 2.16 bits per heavy atom. The van der Waals surface area contributed by atoms with Crippen LogP contribution in [0.25, 0.3) is 0 Å². The number of rotatable bonds is 7. The predicted molar refractivity (Wildman–Crippen MR) is 74.1 cm³/mol. The van der Waals surface area contributed by atoms with Gasteiger partial charge in [0.25, 0.3) is 10.0 Å². The van der Waals surface area contributed by atoms with Crippen LogP contribution in [-0.2, 0) is 14.8 Å². The molecule has 0 atom stereocenters. The smallest absolute Gasteiger partial charge is 0.262 e. The van der Waals surface area contributed by atoms with E-state index in [9.17, 15) is 8.42 Å². The van der Waals surface area contributed by atoms with Gasteiger partial charge in [0.1, 0.15) is 0 Å².